The number of benzene rings is 1. The van der Waals surface area contributed by atoms with Gasteiger partial charge < -0.3 is 20.2 Å². The van der Waals surface area contributed by atoms with Gasteiger partial charge in [-0.3, -0.25) is 0 Å². The van der Waals surface area contributed by atoms with Crippen molar-refractivity contribution in [3.63, 3.8) is 0 Å². The monoisotopic (exact) mass is 370 g/mol. The van der Waals surface area contributed by atoms with Crippen molar-refractivity contribution >= 4 is 17.3 Å². The number of furan rings is 1. The van der Waals surface area contributed by atoms with Crippen LogP contribution in [0.4, 0.5) is 17.3 Å². The zero-order chi connectivity index (χ0) is 19.3. The molecule has 0 unspecified atom stereocenters. The van der Waals surface area contributed by atoms with Gasteiger partial charge in [0.15, 0.2) is 5.82 Å². The summed E-state index contributed by atoms with van der Waals surface area (Å²) < 4.78 is 10.8. The van der Waals surface area contributed by atoms with Crippen LogP contribution >= 0.6 is 0 Å². The number of anilines is 3. The molecule has 0 aliphatic rings. The van der Waals surface area contributed by atoms with Gasteiger partial charge in [0.2, 0.25) is 0 Å². The maximum Gasteiger partial charge on any atom is 0.167 e. The molecule has 8 nitrogen and oxygen atoms in total. The van der Waals surface area contributed by atoms with Gasteiger partial charge in [-0.1, -0.05) is 0 Å². The molecule has 3 aromatic heterocycles. The van der Waals surface area contributed by atoms with Crippen LogP contribution in [0.1, 0.15) is 5.69 Å². The number of hydrogen-bond donors (Lipinski definition) is 2. The maximum atomic E-state index is 8.90. The second-order valence-corrected chi connectivity index (χ2v) is 5.75. The van der Waals surface area contributed by atoms with Crippen molar-refractivity contribution in [1.82, 2.24) is 15.0 Å². The van der Waals surface area contributed by atoms with E-state index in [0.29, 0.717) is 34.7 Å². The van der Waals surface area contributed by atoms with Gasteiger partial charge in [-0.05, 0) is 36.4 Å². The van der Waals surface area contributed by atoms with Gasteiger partial charge in [-0.15, -0.1) is 0 Å². The lowest BCUT2D eigenvalue weighted by Gasteiger charge is -2.09. The van der Waals surface area contributed by atoms with Crippen molar-refractivity contribution in [1.29, 1.82) is 5.26 Å². The first kappa shape index (κ1) is 17.1. The minimum Gasteiger partial charge on any atom is -0.472 e. The Morgan fingerprint density at radius 2 is 1.89 bits per heavy atom. The van der Waals surface area contributed by atoms with E-state index in [1.54, 1.807) is 48.9 Å². The Hall–Kier alpha value is -4.38. The lowest BCUT2D eigenvalue weighted by Crippen LogP contribution is -2.00. The average Bonchev–Trinajstić information content (AvgIpc) is 3.24. The van der Waals surface area contributed by atoms with Crippen LogP contribution in [0, 0.1) is 11.3 Å². The molecule has 0 saturated carbocycles. The molecule has 0 amide bonds. The molecule has 136 valence electrons. The summed E-state index contributed by atoms with van der Waals surface area (Å²) in [5, 5.41) is 12.1. The summed E-state index contributed by atoms with van der Waals surface area (Å²) in [7, 11) is 0. The number of nitrogen functional groups attached to an aromatic ring is 1. The van der Waals surface area contributed by atoms with E-state index in [1.165, 1.54) is 6.20 Å². The Morgan fingerprint density at radius 1 is 1.04 bits per heavy atom. The van der Waals surface area contributed by atoms with Gasteiger partial charge in [-0.2, -0.15) is 5.26 Å². The second-order valence-electron chi connectivity index (χ2n) is 5.75. The van der Waals surface area contributed by atoms with Gasteiger partial charge in [0, 0.05) is 24.0 Å². The van der Waals surface area contributed by atoms with Gasteiger partial charge in [-0.25, -0.2) is 15.0 Å². The Kier molecular flexibility index (Phi) is 4.55. The molecular formula is C20H14N6O2. The molecule has 3 heterocycles. The molecule has 4 aromatic rings. The fraction of sp³-hybridized carbons (Fsp3) is 0. The van der Waals surface area contributed by atoms with Crippen LogP contribution in [0.5, 0.6) is 11.5 Å². The molecule has 4 rings (SSSR count). The van der Waals surface area contributed by atoms with E-state index in [-0.39, 0.29) is 0 Å². The van der Waals surface area contributed by atoms with Crippen molar-refractivity contribution in [2.45, 2.75) is 0 Å². The lowest BCUT2D eigenvalue weighted by atomic mass is 10.3. The zero-order valence-electron chi connectivity index (χ0n) is 14.5. The molecule has 8 heteroatoms. The third-order valence-electron chi connectivity index (χ3n) is 3.73. The predicted octanol–water partition coefficient (Wildman–Crippen LogP) is 4.12. The minimum atomic E-state index is 0.297. The SMILES string of the molecule is N#Cc1cc(Oc2ccc(Nc3cc(N)nc(-c4ccoc4)n3)cc2)ccn1. The highest BCUT2D eigenvalue weighted by molar-refractivity contribution is 5.64. The Morgan fingerprint density at radius 3 is 2.64 bits per heavy atom. The summed E-state index contributed by atoms with van der Waals surface area (Å²) in [6.07, 6.45) is 4.64. The van der Waals surface area contributed by atoms with Crippen molar-refractivity contribution < 1.29 is 9.15 Å². The Bertz CT molecular complexity index is 1130. The number of nitriles is 1. The van der Waals surface area contributed by atoms with E-state index in [9.17, 15) is 0 Å². The highest BCUT2D eigenvalue weighted by atomic mass is 16.5. The topological polar surface area (TPSA) is 123 Å². The third-order valence-corrected chi connectivity index (χ3v) is 3.73. The molecule has 1 aromatic carbocycles. The molecule has 0 saturated heterocycles. The van der Waals surface area contributed by atoms with E-state index in [1.807, 2.05) is 18.2 Å². The molecule has 0 radical (unpaired) electrons. The number of aromatic nitrogens is 3. The largest absolute Gasteiger partial charge is 0.472 e. The van der Waals surface area contributed by atoms with Crippen molar-refractivity contribution in [2.75, 3.05) is 11.1 Å². The van der Waals surface area contributed by atoms with Gasteiger partial charge in [0.05, 0.1) is 11.8 Å². The van der Waals surface area contributed by atoms with E-state index >= 15 is 0 Å². The van der Waals surface area contributed by atoms with Crippen LogP contribution in [0.15, 0.2) is 71.7 Å². The Balaban J connectivity index is 1.50. The first-order valence-corrected chi connectivity index (χ1v) is 8.28. The molecule has 0 fully saturated rings. The van der Waals surface area contributed by atoms with Crippen LogP contribution in [0.2, 0.25) is 0 Å². The first-order valence-electron chi connectivity index (χ1n) is 8.28. The average molecular weight is 370 g/mol. The number of nitrogens with zero attached hydrogens (tertiary/aromatic N) is 4. The highest BCUT2D eigenvalue weighted by Gasteiger charge is 2.07. The number of pyridine rings is 1. The standard InChI is InChI=1S/C20H14N6O2/c21-11-15-9-17(5-7-23-15)28-16-3-1-14(2-4-16)24-19-10-18(22)25-20(26-19)13-6-8-27-12-13/h1-10,12H,(H3,22,24,25,26). The van der Waals surface area contributed by atoms with Crippen LogP contribution in [-0.4, -0.2) is 15.0 Å². The quantitative estimate of drug-likeness (QED) is 0.538. The summed E-state index contributed by atoms with van der Waals surface area (Å²) in [6.45, 7) is 0. The van der Waals surface area contributed by atoms with E-state index in [4.69, 9.17) is 20.1 Å². The normalized spacial score (nSPS) is 10.2. The molecule has 28 heavy (non-hydrogen) atoms. The Labute approximate surface area is 160 Å². The maximum absolute atomic E-state index is 8.90. The molecule has 3 N–H and O–H groups in total. The minimum absolute atomic E-state index is 0.297. The van der Waals surface area contributed by atoms with Crippen LogP contribution < -0.4 is 15.8 Å². The van der Waals surface area contributed by atoms with Gasteiger partial charge in [0.1, 0.15) is 41.2 Å². The summed E-state index contributed by atoms with van der Waals surface area (Å²) in [4.78, 5) is 12.6. The predicted molar refractivity (Wildman–Crippen MR) is 103 cm³/mol. The summed E-state index contributed by atoms with van der Waals surface area (Å²) in [6, 6.07) is 16.0. The fourth-order valence-corrected chi connectivity index (χ4v) is 2.48. The fourth-order valence-electron chi connectivity index (χ4n) is 2.48. The van der Waals surface area contributed by atoms with Crippen molar-refractivity contribution in [3.8, 4) is 29.0 Å². The highest BCUT2D eigenvalue weighted by Crippen LogP contribution is 2.25. The molecule has 0 aliphatic carbocycles. The smallest absolute Gasteiger partial charge is 0.167 e. The number of rotatable bonds is 5. The van der Waals surface area contributed by atoms with Crippen molar-refractivity contribution in [2.24, 2.45) is 0 Å². The molecule has 0 bridgehead atoms. The third kappa shape index (κ3) is 3.89. The van der Waals surface area contributed by atoms with Crippen LogP contribution in [-0.2, 0) is 0 Å². The number of nitrogens with two attached hydrogens (primary N) is 1. The summed E-state index contributed by atoms with van der Waals surface area (Å²) in [5.41, 5.74) is 7.73. The second kappa shape index (κ2) is 7.47. The van der Waals surface area contributed by atoms with Gasteiger partial charge in [0.25, 0.3) is 0 Å². The number of hydrogen-bond acceptors (Lipinski definition) is 8. The number of nitrogens with one attached hydrogen (secondary N) is 1. The van der Waals surface area contributed by atoms with E-state index in [0.717, 1.165) is 11.3 Å². The first-order chi connectivity index (χ1) is 13.7. The molecule has 0 atom stereocenters. The van der Waals surface area contributed by atoms with Crippen LogP contribution in [0.25, 0.3) is 11.4 Å². The molecular weight excluding hydrogens is 356 g/mol. The van der Waals surface area contributed by atoms with Crippen LogP contribution in [0.3, 0.4) is 0 Å². The summed E-state index contributed by atoms with van der Waals surface area (Å²) in [5.74, 6) is 2.55. The van der Waals surface area contributed by atoms with E-state index in [2.05, 4.69) is 20.3 Å². The molecule has 0 aliphatic heterocycles. The lowest BCUT2D eigenvalue weighted by molar-refractivity contribution is 0.482. The van der Waals surface area contributed by atoms with Crippen molar-refractivity contribution in [3.05, 3.63) is 72.9 Å². The summed E-state index contributed by atoms with van der Waals surface area (Å²) >= 11 is 0. The number of ether oxygens (including phenoxy) is 1. The van der Waals surface area contributed by atoms with E-state index < -0.39 is 0 Å². The van der Waals surface area contributed by atoms with Gasteiger partial charge >= 0.3 is 0 Å². The zero-order valence-corrected chi connectivity index (χ0v) is 14.5. The molecule has 0 spiro atoms.